The van der Waals surface area contributed by atoms with Crippen LogP contribution in [0.5, 0.6) is 0 Å². The van der Waals surface area contributed by atoms with Gasteiger partial charge in [0.05, 0.1) is 5.69 Å². The first kappa shape index (κ1) is 13.8. The minimum atomic E-state index is -3.81. The van der Waals surface area contributed by atoms with Crippen LogP contribution in [0.2, 0.25) is 0 Å². The van der Waals surface area contributed by atoms with Gasteiger partial charge in [-0.3, -0.25) is 9.10 Å². The molecule has 0 aliphatic carbocycles. The van der Waals surface area contributed by atoms with Gasteiger partial charge in [-0.2, -0.15) is 12.7 Å². The van der Waals surface area contributed by atoms with Gasteiger partial charge in [-0.25, -0.2) is 0 Å². The van der Waals surface area contributed by atoms with Crippen molar-refractivity contribution in [3.05, 3.63) is 29.8 Å². The summed E-state index contributed by atoms with van der Waals surface area (Å²) in [5.74, 6) is -1.17. The summed E-state index contributed by atoms with van der Waals surface area (Å²) < 4.78 is 27.0. The molecule has 2 rings (SSSR count). The Morgan fingerprint density at radius 3 is 2.74 bits per heavy atom. The number of carboxylic acids is 1. The molecule has 0 amide bonds. The summed E-state index contributed by atoms with van der Waals surface area (Å²) in [5.41, 5.74) is 1.59. The highest BCUT2D eigenvalue weighted by molar-refractivity contribution is 7.90. The lowest BCUT2D eigenvalue weighted by molar-refractivity contribution is -0.137. The number of para-hydroxylation sites is 1. The SMILES string of the molecule is CC1Cc2ccccc2N1S(=O)(=O)N(C)CC(=O)O. The second-order valence-corrected chi connectivity index (χ2v) is 6.55. The van der Waals surface area contributed by atoms with Gasteiger partial charge in [0, 0.05) is 13.1 Å². The number of nitrogens with zero attached hydrogens (tertiary/aromatic N) is 2. The molecule has 0 saturated carbocycles. The maximum atomic E-state index is 12.4. The molecule has 7 heteroatoms. The largest absolute Gasteiger partial charge is 0.480 e. The third-order valence-corrected chi connectivity index (χ3v) is 5.12. The van der Waals surface area contributed by atoms with Crippen molar-refractivity contribution in [2.24, 2.45) is 0 Å². The van der Waals surface area contributed by atoms with Crippen LogP contribution in [0.3, 0.4) is 0 Å². The Bertz CT molecular complexity index is 600. The lowest BCUT2D eigenvalue weighted by Gasteiger charge is -2.28. The van der Waals surface area contributed by atoms with E-state index in [4.69, 9.17) is 5.11 Å². The van der Waals surface area contributed by atoms with Gasteiger partial charge in [0.1, 0.15) is 6.54 Å². The van der Waals surface area contributed by atoms with Gasteiger partial charge < -0.3 is 5.11 Å². The molecule has 0 fully saturated rings. The molecule has 6 nitrogen and oxygen atoms in total. The molecule has 1 unspecified atom stereocenters. The number of aliphatic carboxylic acids is 1. The number of carboxylic acid groups (broad SMARTS) is 1. The van der Waals surface area contributed by atoms with Crippen LogP contribution in [-0.4, -0.2) is 43.4 Å². The van der Waals surface area contributed by atoms with E-state index in [9.17, 15) is 13.2 Å². The van der Waals surface area contributed by atoms with E-state index in [1.807, 2.05) is 19.1 Å². The Morgan fingerprint density at radius 2 is 2.11 bits per heavy atom. The van der Waals surface area contributed by atoms with Crippen LogP contribution in [0.25, 0.3) is 0 Å². The highest BCUT2D eigenvalue weighted by Gasteiger charge is 2.37. The molecule has 0 aromatic heterocycles. The van der Waals surface area contributed by atoms with Gasteiger partial charge in [-0.15, -0.1) is 0 Å². The molecule has 1 aromatic rings. The first-order chi connectivity index (χ1) is 8.84. The quantitative estimate of drug-likeness (QED) is 0.882. The van der Waals surface area contributed by atoms with E-state index in [-0.39, 0.29) is 6.04 Å². The van der Waals surface area contributed by atoms with Crippen molar-refractivity contribution in [3.63, 3.8) is 0 Å². The molecular formula is C12H16N2O4S. The maximum Gasteiger partial charge on any atom is 0.318 e. The molecule has 1 aliphatic heterocycles. The first-order valence-electron chi connectivity index (χ1n) is 5.89. The summed E-state index contributed by atoms with van der Waals surface area (Å²) in [4.78, 5) is 10.7. The van der Waals surface area contributed by atoms with Gasteiger partial charge in [0.25, 0.3) is 0 Å². The van der Waals surface area contributed by atoms with Crippen molar-refractivity contribution >= 4 is 21.9 Å². The fraction of sp³-hybridized carbons (Fsp3) is 0.417. The van der Waals surface area contributed by atoms with E-state index in [1.54, 1.807) is 12.1 Å². The summed E-state index contributed by atoms with van der Waals surface area (Å²) in [7, 11) is -2.54. The number of carbonyl (C=O) groups is 1. The van der Waals surface area contributed by atoms with Crippen molar-refractivity contribution < 1.29 is 18.3 Å². The van der Waals surface area contributed by atoms with E-state index in [0.717, 1.165) is 9.87 Å². The molecule has 104 valence electrons. The van der Waals surface area contributed by atoms with Crippen LogP contribution in [0.15, 0.2) is 24.3 Å². The average Bonchev–Trinajstić information content (AvgIpc) is 2.64. The summed E-state index contributed by atoms with van der Waals surface area (Å²) in [6, 6.07) is 7.06. The number of hydrogen-bond acceptors (Lipinski definition) is 3. The van der Waals surface area contributed by atoms with E-state index in [0.29, 0.717) is 12.1 Å². The molecule has 1 aromatic carbocycles. The number of rotatable bonds is 4. The number of fused-ring (bicyclic) bond motifs is 1. The standard InChI is InChI=1S/C12H16N2O4S/c1-9-7-10-5-3-4-6-11(10)14(9)19(17,18)13(2)8-12(15)16/h3-6,9H,7-8H2,1-2H3,(H,15,16). The molecule has 0 saturated heterocycles. The Morgan fingerprint density at radius 1 is 1.47 bits per heavy atom. The Labute approximate surface area is 112 Å². The third-order valence-electron chi connectivity index (χ3n) is 3.15. The van der Waals surface area contributed by atoms with Crippen molar-refractivity contribution in [2.45, 2.75) is 19.4 Å². The molecule has 1 heterocycles. The maximum absolute atomic E-state index is 12.4. The molecule has 0 spiro atoms. The normalized spacial score (nSPS) is 18.7. The van der Waals surface area contributed by atoms with Gasteiger partial charge in [0.2, 0.25) is 0 Å². The lowest BCUT2D eigenvalue weighted by Crippen LogP contribution is -2.46. The van der Waals surface area contributed by atoms with Crippen molar-refractivity contribution in [1.82, 2.24) is 4.31 Å². The highest BCUT2D eigenvalue weighted by Crippen LogP contribution is 2.34. The van der Waals surface area contributed by atoms with E-state index >= 15 is 0 Å². The van der Waals surface area contributed by atoms with Gasteiger partial charge >= 0.3 is 16.2 Å². The van der Waals surface area contributed by atoms with Crippen molar-refractivity contribution in [3.8, 4) is 0 Å². The van der Waals surface area contributed by atoms with Crippen LogP contribution in [0, 0.1) is 0 Å². The van der Waals surface area contributed by atoms with E-state index in [2.05, 4.69) is 0 Å². The zero-order valence-electron chi connectivity index (χ0n) is 10.8. The highest BCUT2D eigenvalue weighted by atomic mass is 32.2. The summed E-state index contributed by atoms with van der Waals surface area (Å²) in [5, 5.41) is 8.73. The summed E-state index contributed by atoms with van der Waals surface area (Å²) >= 11 is 0. The molecule has 19 heavy (non-hydrogen) atoms. The molecule has 1 atom stereocenters. The smallest absolute Gasteiger partial charge is 0.318 e. The summed E-state index contributed by atoms with van der Waals surface area (Å²) in [6.07, 6.45) is 0.635. The minimum absolute atomic E-state index is 0.210. The summed E-state index contributed by atoms with van der Waals surface area (Å²) in [6.45, 7) is 1.26. The van der Waals surface area contributed by atoms with Gasteiger partial charge in [-0.05, 0) is 25.0 Å². The molecule has 0 bridgehead atoms. The lowest BCUT2D eigenvalue weighted by atomic mass is 10.1. The molecule has 1 aliphatic rings. The second kappa shape index (κ2) is 4.82. The number of benzene rings is 1. The monoisotopic (exact) mass is 284 g/mol. The van der Waals surface area contributed by atoms with E-state index in [1.165, 1.54) is 11.4 Å². The van der Waals surface area contributed by atoms with E-state index < -0.39 is 22.7 Å². The zero-order chi connectivity index (χ0) is 14.2. The molecule has 0 radical (unpaired) electrons. The third kappa shape index (κ3) is 2.43. The minimum Gasteiger partial charge on any atom is -0.480 e. The van der Waals surface area contributed by atoms with Crippen LogP contribution < -0.4 is 4.31 Å². The van der Waals surface area contributed by atoms with Crippen LogP contribution >= 0.6 is 0 Å². The Kier molecular flexibility index (Phi) is 3.51. The van der Waals surface area contributed by atoms with Crippen LogP contribution in [0.1, 0.15) is 12.5 Å². The van der Waals surface area contributed by atoms with Crippen LogP contribution in [0.4, 0.5) is 5.69 Å². The topological polar surface area (TPSA) is 77.9 Å². The van der Waals surface area contributed by atoms with Crippen LogP contribution in [-0.2, 0) is 21.4 Å². The Hall–Kier alpha value is -1.60. The van der Waals surface area contributed by atoms with Gasteiger partial charge in [-0.1, -0.05) is 18.2 Å². The first-order valence-corrected chi connectivity index (χ1v) is 7.29. The average molecular weight is 284 g/mol. The fourth-order valence-electron chi connectivity index (χ4n) is 2.31. The molecule has 1 N–H and O–H groups in total. The second-order valence-electron chi connectivity index (χ2n) is 4.64. The predicted octanol–water partition coefficient (Wildman–Crippen LogP) is 0.699. The predicted molar refractivity (Wildman–Crippen MR) is 71.3 cm³/mol. The van der Waals surface area contributed by atoms with Crippen molar-refractivity contribution in [2.75, 3.05) is 17.9 Å². The number of likely N-dealkylation sites (N-methyl/N-ethyl adjacent to an activating group) is 1. The fourth-order valence-corrected chi connectivity index (χ4v) is 3.84. The van der Waals surface area contributed by atoms with Crippen molar-refractivity contribution in [1.29, 1.82) is 0 Å². The zero-order valence-corrected chi connectivity index (χ0v) is 11.6. The number of hydrogen-bond donors (Lipinski definition) is 1. The van der Waals surface area contributed by atoms with Gasteiger partial charge in [0.15, 0.2) is 0 Å². The Balaban J connectivity index is 2.38. The number of anilines is 1. The molecular weight excluding hydrogens is 268 g/mol.